The molecule has 2 atom stereocenters. The highest BCUT2D eigenvalue weighted by Crippen LogP contribution is 2.31. The monoisotopic (exact) mass is 111 g/mol. The summed E-state index contributed by atoms with van der Waals surface area (Å²) in [5.41, 5.74) is 0. The highest BCUT2D eigenvalue weighted by Gasteiger charge is 2.30. The van der Waals surface area contributed by atoms with E-state index in [-0.39, 0.29) is 0 Å². The third-order valence-corrected chi connectivity index (χ3v) is 2.58. The van der Waals surface area contributed by atoms with Gasteiger partial charge in [-0.05, 0) is 31.7 Å². The van der Waals surface area contributed by atoms with E-state index in [1.165, 1.54) is 32.2 Å². The van der Waals surface area contributed by atoms with E-state index in [9.17, 15) is 0 Å². The number of hydrogen-bond donors (Lipinski definition) is 1. The summed E-state index contributed by atoms with van der Waals surface area (Å²) in [5.74, 6) is 1.06. The summed E-state index contributed by atoms with van der Waals surface area (Å²) in [5, 5.41) is 3.52. The Kier molecular flexibility index (Phi) is 1.04. The second-order valence-electron chi connectivity index (χ2n) is 3.04. The van der Waals surface area contributed by atoms with E-state index in [2.05, 4.69) is 5.32 Å². The SMILES string of the molecule is C1CC2NCC[C@@H]2C1. The summed E-state index contributed by atoms with van der Waals surface area (Å²) in [4.78, 5) is 0. The molecule has 1 aliphatic carbocycles. The molecule has 0 spiro atoms. The molecule has 0 aromatic heterocycles. The smallest absolute Gasteiger partial charge is 0.00958 e. The van der Waals surface area contributed by atoms with Gasteiger partial charge in [-0.25, -0.2) is 0 Å². The van der Waals surface area contributed by atoms with Crippen molar-refractivity contribution in [3.63, 3.8) is 0 Å². The lowest BCUT2D eigenvalue weighted by atomic mass is 10.1. The fourth-order valence-electron chi connectivity index (χ4n) is 2.11. The molecule has 8 heavy (non-hydrogen) atoms. The van der Waals surface area contributed by atoms with Crippen LogP contribution in [0.5, 0.6) is 0 Å². The van der Waals surface area contributed by atoms with Gasteiger partial charge in [0.05, 0.1) is 0 Å². The maximum atomic E-state index is 3.52. The Morgan fingerprint density at radius 2 is 2.12 bits per heavy atom. The van der Waals surface area contributed by atoms with E-state index in [0.29, 0.717) is 0 Å². The molecule has 1 saturated carbocycles. The van der Waals surface area contributed by atoms with E-state index < -0.39 is 0 Å². The van der Waals surface area contributed by atoms with Gasteiger partial charge in [-0.1, -0.05) is 6.42 Å². The van der Waals surface area contributed by atoms with E-state index in [1.54, 1.807) is 0 Å². The van der Waals surface area contributed by atoms with Gasteiger partial charge in [-0.15, -0.1) is 0 Å². The van der Waals surface area contributed by atoms with Gasteiger partial charge in [0.15, 0.2) is 0 Å². The van der Waals surface area contributed by atoms with E-state index in [0.717, 1.165) is 12.0 Å². The number of hydrogen-bond acceptors (Lipinski definition) is 1. The van der Waals surface area contributed by atoms with E-state index >= 15 is 0 Å². The average molecular weight is 111 g/mol. The molecule has 1 unspecified atom stereocenters. The van der Waals surface area contributed by atoms with Crippen LogP contribution < -0.4 is 5.32 Å². The fourth-order valence-corrected chi connectivity index (χ4v) is 2.11. The Morgan fingerprint density at radius 3 is 3.00 bits per heavy atom. The standard InChI is InChI=1S/C7H13N/c1-2-6-4-5-8-7(6)3-1/h6-8H,1-5H2/t6-,7?/m0/s1. The van der Waals surface area contributed by atoms with Crippen LogP contribution in [-0.4, -0.2) is 12.6 Å². The molecular weight excluding hydrogens is 98.1 g/mol. The lowest BCUT2D eigenvalue weighted by Crippen LogP contribution is -2.21. The Morgan fingerprint density at radius 1 is 1.12 bits per heavy atom. The van der Waals surface area contributed by atoms with Crippen molar-refractivity contribution in [2.24, 2.45) is 5.92 Å². The van der Waals surface area contributed by atoms with Crippen LogP contribution in [0, 0.1) is 5.92 Å². The van der Waals surface area contributed by atoms with Gasteiger partial charge in [0.25, 0.3) is 0 Å². The molecule has 1 aliphatic heterocycles. The van der Waals surface area contributed by atoms with Crippen LogP contribution in [0.4, 0.5) is 0 Å². The minimum absolute atomic E-state index is 0.926. The molecule has 0 amide bonds. The van der Waals surface area contributed by atoms with Crippen molar-refractivity contribution in [2.45, 2.75) is 31.7 Å². The predicted octanol–water partition coefficient (Wildman–Crippen LogP) is 1.15. The molecule has 1 heteroatoms. The van der Waals surface area contributed by atoms with Gasteiger partial charge < -0.3 is 5.32 Å². The van der Waals surface area contributed by atoms with Crippen molar-refractivity contribution in [1.29, 1.82) is 0 Å². The van der Waals surface area contributed by atoms with Gasteiger partial charge in [-0.2, -0.15) is 0 Å². The summed E-state index contributed by atoms with van der Waals surface area (Å²) in [7, 11) is 0. The second kappa shape index (κ2) is 1.73. The molecule has 0 aromatic rings. The number of nitrogens with one attached hydrogen (secondary N) is 1. The van der Waals surface area contributed by atoms with Crippen molar-refractivity contribution in [3.05, 3.63) is 0 Å². The average Bonchev–Trinajstić information content (AvgIpc) is 2.15. The number of rotatable bonds is 0. The van der Waals surface area contributed by atoms with Crippen molar-refractivity contribution in [2.75, 3.05) is 6.54 Å². The Labute approximate surface area is 50.5 Å². The van der Waals surface area contributed by atoms with Crippen molar-refractivity contribution < 1.29 is 0 Å². The predicted molar refractivity (Wildman–Crippen MR) is 33.7 cm³/mol. The van der Waals surface area contributed by atoms with Crippen LogP contribution >= 0.6 is 0 Å². The summed E-state index contributed by atoms with van der Waals surface area (Å²) in [6.07, 6.45) is 5.87. The first-order valence-corrected chi connectivity index (χ1v) is 3.70. The van der Waals surface area contributed by atoms with Crippen LogP contribution in [0.3, 0.4) is 0 Å². The van der Waals surface area contributed by atoms with Crippen molar-refractivity contribution in [3.8, 4) is 0 Å². The largest absolute Gasteiger partial charge is 0.314 e. The first kappa shape index (κ1) is 4.80. The molecule has 1 nitrogen and oxygen atoms in total. The zero-order valence-electron chi connectivity index (χ0n) is 5.19. The van der Waals surface area contributed by atoms with Gasteiger partial charge >= 0.3 is 0 Å². The van der Waals surface area contributed by atoms with Gasteiger partial charge in [0.2, 0.25) is 0 Å². The van der Waals surface area contributed by atoms with Crippen molar-refractivity contribution >= 4 is 0 Å². The highest BCUT2D eigenvalue weighted by molar-refractivity contribution is 4.88. The minimum Gasteiger partial charge on any atom is -0.314 e. The van der Waals surface area contributed by atoms with Crippen LogP contribution in [0.1, 0.15) is 25.7 Å². The van der Waals surface area contributed by atoms with Crippen molar-refractivity contribution in [1.82, 2.24) is 5.32 Å². The quantitative estimate of drug-likeness (QED) is 0.494. The van der Waals surface area contributed by atoms with Gasteiger partial charge in [-0.3, -0.25) is 0 Å². The molecule has 0 bridgehead atoms. The summed E-state index contributed by atoms with van der Waals surface area (Å²) >= 11 is 0. The Balaban J connectivity index is 2.04. The normalized spacial score (nSPS) is 45.0. The third-order valence-electron chi connectivity index (χ3n) is 2.58. The van der Waals surface area contributed by atoms with Crippen LogP contribution in [-0.2, 0) is 0 Å². The Hall–Kier alpha value is -0.0400. The summed E-state index contributed by atoms with van der Waals surface area (Å²) in [6, 6.07) is 0.926. The second-order valence-corrected chi connectivity index (χ2v) is 3.04. The molecule has 1 saturated heterocycles. The van der Waals surface area contributed by atoms with Gasteiger partial charge in [0, 0.05) is 6.04 Å². The fraction of sp³-hybridized carbons (Fsp3) is 1.00. The molecule has 1 heterocycles. The molecular formula is C7H13N. The first-order valence-electron chi connectivity index (χ1n) is 3.70. The molecule has 1 N–H and O–H groups in total. The van der Waals surface area contributed by atoms with Crippen LogP contribution in [0.15, 0.2) is 0 Å². The zero-order valence-corrected chi connectivity index (χ0v) is 5.19. The lowest BCUT2D eigenvalue weighted by Gasteiger charge is -2.05. The maximum Gasteiger partial charge on any atom is 0.00958 e. The highest BCUT2D eigenvalue weighted by atomic mass is 15.0. The van der Waals surface area contributed by atoms with E-state index in [1.807, 2.05) is 0 Å². The molecule has 0 radical (unpaired) electrons. The Bertz CT molecular complexity index is 70.4. The summed E-state index contributed by atoms with van der Waals surface area (Å²) in [6.45, 7) is 1.29. The van der Waals surface area contributed by atoms with Crippen LogP contribution in [0.2, 0.25) is 0 Å². The first-order chi connectivity index (χ1) is 3.97. The number of fused-ring (bicyclic) bond motifs is 1. The molecule has 2 rings (SSSR count). The lowest BCUT2D eigenvalue weighted by molar-refractivity contribution is 0.518. The topological polar surface area (TPSA) is 12.0 Å². The maximum absolute atomic E-state index is 3.52. The summed E-state index contributed by atoms with van der Waals surface area (Å²) < 4.78 is 0. The van der Waals surface area contributed by atoms with Crippen LogP contribution in [0.25, 0.3) is 0 Å². The molecule has 2 aliphatic rings. The molecule has 46 valence electrons. The minimum atomic E-state index is 0.926. The zero-order chi connectivity index (χ0) is 5.40. The molecule has 2 fully saturated rings. The third kappa shape index (κ3) is 0.576. The molecule has 0 aromatic carbocycles. The van der Waals surface area contributed by atoms with E-state index in [4.69, 9.17) is 0 Å². The van der Waals surface area contributed by atoms with Gasteiger partial charge in [0.1, 0.15) is 0 Å².